The van der Waals surface area contributed by atoms with Crippen molar-refractivity contribution >= 4 is 40.9 Å². The molecule has 2 fully saturated rings. The fourth-order valence-corrected chi connectivity index (χ4v) is 4.67. The average Bonchev–Trinajstić information content (AvgIpc) is 3.46. The van der Waals surface area contributed by atoms with E-state index in [2.05, 4.69) is 30.3 Å². The Labute approximate surface area is 197 Å². The molecule has 178 valence electrons. The molecule has 2 aliphatic heterocycles. The summed E-state index contributed by atoms with van der Waals surface area (Å²) in [6, 6.07) is 7.03. The monoisotopic (exact) mass is 474 g/mol. The maximum absolute atomic E-state index is 12.8. The van der Waals surface area contributed by atoms with E-state index >= 15 is 0 Å². The molecule has 10 nitrogen and oxygen atoms in total. The van der Waals surface area contributed by atoms with Crippen LogP contribution in [0.25, 0.3) is 0 Å². The molecule has 1 aromatic heterocycles. The Bertz CT molecular complexity index is 954. The van der Waals surface area contributed by atoms with Crippen LogP contribution in [-0.2, 0) is 25.6 Å². The van der Waals surface area contributed by atoms with Gasteiger partial charge < -0.3 is 25.0 Å². The zero-order valence-corrected chi connectivity index (χ0v) is 19.8. The van der Waals surface area contributed by atoms with Crippen LogP contribution in [0.2, 0.25) is 0 Å². The number of aromatic nitrogens is 3. The van der Waals surface area contributed by atoms with Crippen LogP contribution in [0.15, 0.2) is 29.4 Å². The van der Waals surface area contributed by atoms with Crippen molar-refractivity contribution in [3.05, 3.63) is 24.3 Å². The van der Waals surface area contributed by atoms with E-state index < -0.39 is 0 Å². The molecule has 4 rings (SSSR count). The van der Waals surface area contributed by atoms with Crippen LogP contribution in [0.3, 0.4) is 0 Å². The number of nitrogens with zero attached hydrogens (tertiary/aromatic N) is 4. The minimum atomic E-state index is -0.384. The van der Waals surface area contributed by atoms with Gasteiger partial charge in [0.15, 0.2) is 5.16 Å². The van der Waals surface area contributed by atoms with Crippen molar-refractivity contribution in [2.24, 2.45) is 0 Å². The van der Waals surface area contributed by atoms with E-state index in [0.717, 1.165) is 38.5 Å². The third-order valence-corrected chi connectivity index (χ3v) is 6.61. The standard InChI is InChI=1S/C22H30N6O4S/c1-15(20(30)24-18-7-5-17(6-8-18)23-16(2)29)33-22-26-25-21(27-9-12-31-13-10-27)28(22)14-19-4-3-11-32-19/h5-8,15,19H,3-4,9-14H2,1-2H3,(H,23,29)(H,24,30). The van der Waals surface area contributed by atoms with Gasteiger partial charge in [0.1, 0.15) is 0 Å². The predicted octanol–water partition coefficient (Wildman–Crippen LogP) is 2.37. The van der Waals surface area contributed by atoms with Gasteiger partial charge in [0, 0.05) is 38.0 Å². The Morgan fingerprint density at radius 1 is 1.12 bits per heavy atom. The van der Waals surface area contributed by atoms with Crippen LogP contribution < -0.4 is 15.5 Å². The van der Waals surface area contributed by atoms with Crippen LogP contribution in [0, 0.1) is 0 Å². The lowest BCUT2D eigenvalue weighted by molar-refractivity contribution is -0.115. The van der Waals surface area contributed by atoms with E-state index in [-0.39, 0.29) is 23.2 Å². The summed E-state index contributed by atoms with van der Waals surface area (Å²) in [5.41, 5.74) is 1.34. The van der Waals surface area contributed by atoms with Crippen LogP contribution in [0.1, 0.15) is 26.7 Å². The van der Waals surface area contributed by atoms with E-state index in [9.17, 15) is 9.59 Å². The molecular weight excluding hydrogens is 444 g/mol. The number of carbonyl (C=O) groups is 2. The predicted molar refractivity (Wildman–Crippen MR) is 127 cm³/mol. The van der Waals surface area contributed by atoms with Crippen molar-refractivity contribution < 1.29 is 19.1 Å². The Balaban J connectivity index is 1.43. The minimum absolute atomic E-state index is 0.131. The zero-order valence-electron chi connectivity index (χ0n) is 19.0. The second-order valence-electron chi connectivity index (χ2n) is 8.14. The maximum atomic E-state index is 12.8. The molecule has 2 N–H and O–H groups in total. The van der Waals surface area contributed by atoms with Gasteiger partial charge in [0.05, 0.1) is 31.1 Å². The topological polar surface area (TPSA) is 111 Å². The van der Waals surface area contributed by atoms with E-state index in [0.29, 0.717) is 36.3 Å². The second-order valence-corrected chi connectivity index (χ2v) is 9.44. The van der Waals surface area contributed by atoms with Crippen molar-refractivity contribution in [1.29, 1.82) is 0 Å². The summed E-state index contributed by atoms with van der Waals surface area (Å²) in [4.78, 5) is 26.2. The van der Waals surface area contributed by atoms with E-state index in [1.807, 2.05) is 6.92 Å². The molecule has 2 saturated heterocycles. The highest BCUT2D eigenvalue weighted by molar-refractivity contribution is 8.00. The summed E-state index contributed by atoms with van der Waals surface area (Å²) >= 11 is 1.38. The summed E-state index contributed by atoms with van der Waals surface area (Å²) in [5, 5.41) is 14.8. The van der Waals surface area contributed by atoms with Crippen molar-refractivity contribution in [2.45, 2.75) is 49.7 Å². The van der Waals surface area contributed by atoms with Crippen molar-refractivity contribution in [3.8, 4) is 0 Å². The van der Waals surface area contributed by atoms with Crippen LogP contribution in [0.5, 0.6) is 0 Å². The number of hydrogen-bond donors (Lipinski definition) is 2. The Kier molecular flexibility index (Phi) is 7.84. The van der Waals surface area contributed by atoms with Gasteiger partial charge in [-0.25, -0.2) is 0 Å². The van der Waals surface area contributed by atoms with Crippen LogP contribution in [0.4, 0.5) is 17.3 Å². The third kappa shape index (κ3) is 6.24. The molecule has 2 amide bonds. The summed E-state index contributed by atoms with van der Waals surface area (Å²) < 4.78 is 13.4. The number of ether oxygens (including phenoxy) is 2. The molecule has 0 aliphatic carbocycles. The highest BCUT2D eigenvalue weighted by Crippen LogP contribution is 2.29. The molecule has 1 aromatic carbocycles. The Morgan fingerprint density at radius 2 is 1.82 bits per heavy atom. The van der Waals surface area contributed by atoms with Gasteiger partial charge in [0.25, 0.3) is 0 Å². The molecule has 2 aliphatic rings. The lowest BCUT2D eigenvalue weighted by Crippen LogP contribution is -2.38. The first-order chi connectivity index (χ1) is 16.0. The van der Waals surface area contributed by atoms with E-state index in [1.54, 1.807) is 24.3 Å². The Morgan fingerprint density at radius 3 is 2.45 bits per heavy atom. The van der Waals surface area contributed by atoms with Gasteiger partial charge in [-0.2, -0.15) is 0 Å². The molecular formula is C22H30N6O4S. The number of amides is 2. The molecule has 2 unspecified atom stereocenters. The highest BCUT2D eigenvalue weighted by atomic mass is 32.2. The van der Waals surface area contributed by atoms with Gasteiger partial charge in [-0.1, -0.05) is 11.8 Å². The van der Waals surface area contributed by atoms with Crippen LogP contribution in [-0.4, -0.2) is 70.8 Å². The lowest BCUT2D eigenvalue weighted by atomic mass is 10.2. The number of rotatable bonds is 8. The van der Waals surface area contributed by atoms with Crippen LogP contribution >= 0.6 is 11.8 Å². The quantitative estimate of drug-likeness (QED) is 0.561. The molecule has 0 radical (unpaired) electrons. The van der Waals surface area contributed by atoms with Gasteiger partial charge in [-0.3, -0.25) is 14.2 Å². The number of nitrogens with one attached hydrogen (secondary N) is 2. The van der Waals surface area contributed by atoms with E-state index in [1.165, 1.54) is 18.7 Å². The number of anilines is 3. The molecule has 11 heteroatoms. The minimum Gasteiger partial charge on any atom is -0.378 e. The van der Waals surface area contributed by atoms with Gasteiger partial charge in [0.2, 0.25) is 17.8 Å². The molecule has 3 heterocycles. The zero-order chi connectivity index (χ0) is 23.2. The molecule has 33 heavy (non-hydrogen) atoms. The largest absolute Gasteiger partial charge is 0.378 e. The number of benzene rings is 1. The maximum Gasteiger partial charge on any atom is 0.237 e. The van der Waals surface area contributed by atoms with E-state index in [4.69, 9.17) is 9.47 Å². The number of hydrogen-bond acceptors (Lipinski definition) is 8. The summed E-state index contributed by atoms with van der Waals surface area (Å²) in [6.45, 7) is 7.60. The normalized spacial score (nSPS) is 19.3. The highest BCUT2D eigenvalue weighted by Gasteiger charge is 2.27. The summed E-state index contributed by atoms with van der Waals surface area (Å²) in [6.07, 6.45) is 2.20. The average molecular weight is 475 g/mol. The number of thioether (sulfide) groups is 1. The first-order valence-corrected chi connectivity index (χ1v) is 12.1. The van der Waals surface area contributed by atoms with Crippen molar-refractivity contribution in [1.82, 2.24) is 14.8 Å². The summed E-state index contributed by atoms with van der Waals surface area (Å²) in [5.74, 6) is 0.532. The smallest absolute Gasteiger partial charge is 0.237 e. The first-order valence-electron chi connectivity index (χ1n) is 11.2. The Hall–Kier alpha value is -2.63. The van der Waals surface area contributed by atoms with Gasteiger partial charge >= 0.3 is 0 Å². The molecule has 2 atom stereocenters. The number of morpholine rings is 1. The van der Waals surface area contributed by atoms with Gasteiger partial charge in [-0.15, -0.1) is 10.2 Å². The SMILES string of the molecule is CC(=O)Nc1ccc(NC(=O)C(C)Sc2nnc(N3CCOCC3)n2CC2CCCO2)cc1. The van der Waals surface area contributed by atoms with Gasteiger partial charge in [-0.05, 0) is 44.0 Å². The number of carbonyl (C=O) groups excluding carboxylic acids is 2. The van der Waals surface area contributed by atoms with Crippen molar-refractivity contribution in [2.75, 3.05) is 48.4 Å². The fraction of sp³-hybridized carbons (Fsp3) is 0.545. The third-order valence-electron chi connectivity index (χ3n) is 5.53. The van der Waals surface area contributed by atoms with Crippen molar-refractivity contribution in [3.63, 3.8) is 0 Å². The lowest BCUT2D eigenvalue weighted by Gasteiger charge is -2.28. The first kappa shape index (κ1) is 23.5. The molecule has 2 aromatic rings. The fourth-order valence-electron chi connectivity index (χ4n) is 3.81. The summed E-state index contributed by atoms with van der Waals surface area (Å²) in [7, 11) is 0. The molecule has 0 spiro atoms. The second kappa shape index (κ2) is 11.0. The molecule has 0 bridgehead atoms. The molecule has 0 saturated carbocycles.